The van der Waals surface area contributed by atoms with Gasteiger partial charge in [-0.15, -0.1) is 0 Å². The number of anilines is 2. The van der Waals surface area contributed by atoms with Gasteiger partial charge in [0.25, 0.3) is 17.7 Å². The van der Waals surface area contributed by atoms with Gasteiger partial charge in [-0.25, -0.2) is 16.8 Å². The van der Waals surface area contributed by atoms with E-state index in [1.54, 1.807) is 83.8 Å². The van der Waals surface area contributed by atoms with Gasteiger partial charge in [0, 0.05) is 49.7 Å². The second-order valence-electron chi connectivity index (χ2n) is 17.1. The number of carbonyl (C=O) groups is 3. The van der Waals surface area contributed by atoms with Gasteiger partial charge in [-0.3, -0.25) is 24.2 Å². The van der Waals surface area contributed by atoms with Crippen molar-refractivity contribution in [1.82, 2.24) is 4.90 Å². The number of hydrogen-bond acceptors (Lipinski definition) is 8. The lowest BCUT2D eigenvalue weighted by molar-refractivity contribution is 0.0502. The molecular weight excluding hydrogens is 819 g/mol. The molecule has 62 heavy (non-hydrogen) atoms. The quantitative estimate of drug-likeness (QED) is 0.103. The maximum atomic E-state index is 15.3. The molecule has 10 nitrogen and oxygen atoms in total. The van der Waals surface area contributed by atoms with Crippen LogP contribution in [0.5, 0.6) is 0 Å². The van der Waals surface area contributed by atoms with Crippen LogP contribution in [0.25, 0.3) is 43.1 Å². The molecule has 3 heterocycles. The fourth-order valence-corrected chi connectivity index (χ4v) is 13.7. The summed E-state index contributed by atoms with van der Waals surface area (Å²) in [4.78, 5) is 47.2. The minimum atomic E-state index is -4.39. The first-order valence-corrected chi connectivity index (χ1v) is 23.8. The Kier molecular flexibility index (Phi) is 7.62. The van der Waals surface area contributed by atoms with Crippen LogP contribution in [0.1, 0.15) is 86.0 Å². The Labute approximate surface area is 356 Å². The Morgan fingerprint density at radius 3 is 1.65 bits per heavy atom. The van der Waals surface area contributed by atoms with Gasteiger partial charge in [0.15, 0.2) is 0 Å². The van der Waals surface area contributed by atoms with Crippen molar-refractivity contribution < 1.29 is 31.2 Å². The number of nitrogens with one attached hydrogen (secondary N) is 1. The summed E-state index contributed by atoms with van der Waals surface area (Å²) in [6.07, 6.45) is 3.24. The van der Waals surface area contributed by atoms with Gasteiger partial charge in [-0.2, -0.15) is 0 Å². The molecule has 3 amide bonds. The summed E-state index contributed by atoms with van der Waals surface area (Å²) in [7, 11) is -8.73. The summed E-state index contributed by atoms with van der Waals surface area (Å²) in [6.45, 7) is 3.74. The zero-order valence-corrected chi connectivity index (χ0v) is 35.3. The maximum absolute atomic E-state index is 15.3. The molecule has 1 aliphatic carbocycles. The van der Waals surface area contributed by atoms with Crippen molar-refractivity contribution in [2.75, 3.05) is 10.2 Å². The molecule has 0 bridgehead atoms. The van der Waals surface area contributed by atoms with Gasteiger partial charge in [-0.05, 0) is 104 Å². The van der Waals surface area contributed by atoms with Crippen molar-refractivity contribution in [1.29, 1.82) is 0 Å². The minimum Gasteiger partial charge on any atom is -0.359 e. The number of fused-ring (bicyclic) bond motifs is 6. The van der Waals surface area contributed by atoms with Crippen molar-refractivity contribution in [2.45, 2.75) is 77.7 Å². The molecule has 1 saturated carbocycles. The van der Waals surface area contributed by atoms with Crippen LogP contribution in [-0.2, 0) is 19.7 Å². The summed E-state index contributed by atoms with van der Waals surface area (Å²) in [6, 6.07) is 30.0. The van der Waals surface area contributed by atoms with Gasteiger partial charge < -0.3 is 5.32 Å². The third-order valence-electron chi connectivity index (χ3n) is 13.6. The molecule has 1 atom stereocenters. The zero-order valence-electron chi connectivity index (χ0n) is 33.7. The molecule has 0 aromatic heterocycles. The SMILES string of the molecule is Cc1ccc(S(=O)(=O)c2cc3c4c(ccc5c6c(S(=O)(=O)c7ccc(C)cc7)cc7c8c(ccc(c2c45)c86)C(=O)N2c4ccccc4NC72)C(=O)N(C2CCCCC2)C3=O)cc1. The minimum absolute atomic E-state index is 0.0157. The smallest absolute Gasteiger partial charge is 0.261 e. The van der Waals surface area contributed by atoms with Gasteiger partial charge in [0.1, 0.15) is 6.17 Å². The van der Waals surface area contributed by atoms with E-state index in [4.69, 9.17) is 0 Å². The van der Waals surface area contributed by atoms with Crippen molar-refractivity contribution in [2.24, 2.45) is 0 Å². The molecule has 12 rings (SSSR count). The van der Waals surface area contributed by atoms with Crippen LogP contribution in [0.2, 0.25) is 0 Å². The molecule has 8 aromatic carbocycles. The summed E-state index contributed by atoms with van der Waals surface area (Å²) in [5, 5.41) is 6.24. The standard InChI is InChI=1S/C50H37N3O7S2/c1-26-12-16-29(17-13-26)61(57,58)39-24-35-41-33(49(55)53-38-11-7-6-10-37(38)51-47(35)53)22-20-31-44-40(62(59,60)30-18-14-27(2)15-19-30)25-36-42-34(23-21-32(46(42)44)43(39)45(31)41)48(54)52(50(36)56)28-8-4-3-5-9-28/h6-7,10-25,28,47,51H,3-5,8-9H2,1-2H3. The predicted molar refractivity (Wildman–Crippen MR) is 238 cm³/mol. The van der Waals surface area contributed by atoms with Crippen molar-refractivity contribution in [3.8, 4) is 0 Å². The fraction of sp³-hybridized carbons (Fsp3) is 0.180. The second-order valence-corrected chi connectivity index (χ2v) is 20.9. The summed E-state index contributed by atoms with van der Waals surface area (Å²) in [5.41, 5.74) is 4.29. The number of sulfone groups is 2. The van der Waals surface area contributed by atoms with Crippen LogP contribution in [0.15, 0.2) is 129 Å². The molecule has 12 heteroatoms. The first-order chi connectivity index (χ1) is 29.9. The number of imide groups is 1. The Morgan fingerprint density at radius 1 is 0.516 bits per heavy atom. The number of rotatable bonds is 5. The average Bonchev–Trinajstić information content (AvgIpc) is 3.67. The van der Waals surface area contributed by atoms with Crippen molar-refractivity contribution in [3.63, 3.8) is 0 Å². The molecule has 0 spiro atoms. The highest BCUT2D eigenvalue weighted by Gasteiger charge is 2.45. The van der Waals surface area contributed by atoms with Crippen molar-refractivity contribution in [3.05, 3.63) is 143 Å². The average molecular weight is 856 g/mol. The summed E-state index contributed by atoms with van der Waals surface area (Å²) >= 11 is 0. The molecule has 0 saturated heterocycles. The van der Waals surface area contributed by atoms with E-state index in [0.717, 1.165) is 30.4 Å². The molecule has 1 unspecified atom stereocenters. The Balaban J connectivity index is 1.28. The Morgan fingerprint density at radius 2 is 1.03 bits per heavy atom. The van der Waals surface area contributed by atoms with Gasteiger partial charge >= 0.3 is 0 Å². The van der Waals surface area contributed by atoms with Crippen LogP contribution in [0.4, 0.5) is 11.4 Å². The van der Waals surface area contributed by atoms with Crippen LogP contribution < -0.4 is 10.2 Å². The molecule has 4 aliphatic rings. The summed E-state index contributed by atoms with van der Waals surface area (Å²) < 4.78 is 61.2. The lowest BCUT2D eigenvalue weighted by Gasteiger charge is -2.37. The molecule has 1 fully saturated rings. The largest absolute Gasteiger partial charge is 0.359 e. The van der Waals surface area contributed by atoms with Gasteiger partial charge in [-0.1, -0.05) is 78.9 Å². The van der Waals surface area contributed by atoms with E-state index in [9.17, 15) is 14.4 Å². The first-order valence-electron chi connectivity index (χ1n) is 20.8. The molecule has 306 valence electrons. The Bertz CT molecular complexity index is 3600. The van der Waals surface area contributed by atoms with E-state index in [1.165, 1.54) is 11.0 Å². The van der Waals surface area contributed by atoms with Crippen molar-refractivity contribution >= 4 is 91.9 Å². The highest BCUT2D eigenvalue weighted by Crippen LogP contribution is 2.55. The Hall–Kier alpha value is -6.63. The van der Waals surface area contributed by atoms with E-state index < -0.39 is 37.7 Å². The zero-order chi connectivity index (χ0) is 42.6. The lowest BCUT2D eigenvalue weighted by atomic mass is 9.81. The summed E-state index contributed by atoms with van der Waals surface area (Å²) in [5.74, 6) is -1.32. The number of carbonyl (C=O) groups excluding carboxylic acids is 3. The van der Waals surface area contributed by atoms with Crippen LogP contribution in [-0.4, -0.2) is 45.5 Å². The van der Waals surface area contributed by atoms with E-state index in [1.807, 2.05) is 38.1 Å². The van der Waals surface area contributed by atoms with E-state index >= 15 is 16.8 Å². The molecule has 8 aromatic rings. The fourth-order valence-electron chi connectivity index (χ4n) is 10.7. The first kappa shape index (κ1) is 37.2. The molecular formula is C50H37N3O7S2. The maximum Gasteiger partial charge on any atom is 0.261 e. The second kappa shape index (κ2) is 12.7. The number of para-hydroxylation sites is 2. The number of nitrogens with zero attached hydrogens (tertiary/aromatic N) is 2. The predicted octanol–water partition coefficient (Wildman–Crippen LogP) is 10.0. The van der Waals surface area contributed by atoms with Crippen LogP contribution >= 0.6 is 0 Å². The van der Waals surface area contributed by atoms with Crippen LogP contribution in [0, 0.1) is 13.8 Å². The van der Waals surface area contributed by atoms with Gasteiger partial charge in [0.05, 0.1) is 36.5 Å². The van der Waals surface area contributed by atoms with E-state index in [-0.39, 0.29) is 58.8 Å². The van der Waals surface area contributed by atoms with E-state index in [2.05, 4.69) is 5.32 Å². The van der Waals surface area contributed by atoms with Crippen LogP contribution in [0.3, 0.4) is 0 Å². The van der Waals surface area contributed by atoms with E-state index in [0.29, 0.717) is 62.3 Å². The highest BCUT2D eigenvalue weighted by molar-refractivity contribution is 7.92. The lowest BCUT2D eigenvalue weighted by Crippen LogP contribution is -2.47. The monoisotopic (exact) mass is 855 g/mol. The van der Waals surface area contributed by atoms with Gasteiger partial charge in [0.2, 0.25) is 19.7 Å². The highest BCUT2D eigenvalue weighted by atomic mass is 32.2. The normalized spacial score (nSPS) is 17.7. The number of aryl methyl sites for hydroxylation is 2. The number of benzene rings is 8. The number of amides is 3. The third-order valence-corrected chi connectivity index (χ3v) is 17.2. The topological polar surface area (TPSA) is 138 Å². The third kappa shape index (κ3) is 4.81. The molecule has 3 aliphatic heterocycles. The molecule has 0 radical (unpaired) electrons. The molecule has 1 N–H and O–H groups in total. The number of hydrogen-bond donors (Lipinski definition) is 1.